The van der Waals surface area contributed by atoms with Gasteiger partial charge in [-0.1, -0.05) is 173 Å². The molecular formula is C68H67BN2S. The Bertz CT molecular complexity index is 3780. The van der Waals surface area contributed by atoms with Gasteiger partial charge in [-0.3, -0.25) is 0 Å². The molecule has 0 saturated heterocycles. The van der Waals surface area contributed by atoms with Crippen molar-refractivity contribution in [2.24, 2.45) is 0 Å². The third-order valence-corrected chi connectivity index (χ3v) is 19.2. The summed E-state index contributed by atoms with van der Waals surface area (Å²) in [5, 5.41) is 2.68. The van der Waals surface area contributed by atoms with E-state index in [2.05, 4.69) is 245 Å². The fourth-order valence-electron chi connectivity index (χ4n) is 13.9. The van der Waals surface area contributed by atoms with Crippen molar-refractivity contribution in [1.82, 2.24) is 0 Å². The van der Waals surface area contributed by atoms with Gasteiger partial charge in [0.1, 0.15) is 0 Å². The largest absolute Gasteiger partial charge is 0.376 e. The van der Waals surface area contributed by atoms with E-state index in [0.717, 1.165) is 6.42 Å². The first-order chi connectivity index (χ1) is 34.2. The standard InChI is InChI=1S/C68H67BN2S/c1-40-33-46-61-55(29-30-60-62(61)44-23-17-20-26-59(44)72-60)71(54-28-27-43(64(3,4)5)36-45(54)42-21-15-14-16-22-42)69-53-37-51-52(68(12,13)48-25-19-18-24-47(48)67(51,10)11)39-57(53)70(58(34-40)63(46)69)56-38-50-49(35-41(56)2)65(6,7)31-32-66(50,8)9/h14-30,33-39H,31-32H2,1-13H3. The van der Waals surface area contributed by atoms with Crippen LogP contribution in [0.2, 0.25) is 0 Å². The van der Waals surface area contributed by atoms with Crippen LogP contribution in [0.5, 0.6) is 0 Å². The van der Waals surface area contributed by atoms with Crippen LogP contribution in [-0.2, 0) is 27.1 Å². The van der Waals surface area contributed by atoms with E-state index in [9.17, 15) is 0 Å². The lowest BCUT2D eigenvalue weighted by atomic mass is 9.42. The van der Waals surface area contributed by atoms with Crippen molar-refractivity contribution in [2.75, 3.05) is 9.71 Å². The van der Waals surface area contributed by atoms with Crippen LogP contribution in [0, 0.1) is 13.8 Å². The lowest BCUT2D eigenvalue weighted by molar-refractivity contribution is 0.332. The van der Waals surface area contributed by atoms with Crippen molar-refractivity contribution in [3.63, 3.8) is 0 Å². The summed E-state index contributed by atoms with van der Waals surface area (Å²) in [6, 6.07) is 57.4. The average Bonchev–Trinajstić information content (AvgIpc) is 3.73. The Kier molecular flexibility index (Phi) is 9.55. The number of nitrogens with zero attached hydrogens (tertiary/aromatic N) is 2. The van der Waals surface area contributed by atoms with Gasteiger partial charge in [0.15, 0.2) is 0 Å². The predicted molar refractivity (Wildman–Crippen MR) is 313 cm³/mol. The van der Waals surface area contributed by atoms with Crippen LogP contribution in [0.3, 0.4) is 0 Å². The monoisotopic (exact) mass is 955 g/mol. The third kappa shape index (κ3) is 6.33. The molecule has 0 N–H and O–H groups in total. The number of anilines is 5. The highest BCUT2D eigenvalue weighted by Crippen LogP contribution is 2.57. The van der Waals surface area contributed by atoms with Crippen molar-refractivity contribution in [2.45, 2.75) is 130 Å². The van der Waals surface area contributed by atoms with E-state index in [-0.39, 0.29) is 33.9 Å². The van der Waals surface area contributed by atoms with E-state index >= 15 is 0 Å². The van der Waals surface area contributed by atoms with E-state index < -0.39 is 0 Å². The maximum atomic E-state index is 2.79. The lowest BCUT2D eigenvalue weighted by Crippen LogP contribution is -2.62. The molecule has 0 atom stereocenters. The highest BCUT2D eigenvalue weighted by Gasteiger charge is 2.50. The van der Waals surface area contributed by atoms with Crippen LogP contribution in [-0.4, -0.2) is 6.85 Å². The number of benzene rings is 8. The van der Waals surface area contributed by atoms with E-state index in [1.807, 2.05) is 11.3 Å². The Balaban J connectivity index is 1.21. The normalized spacial score (nSPS) is 17.5. The quantitative estimate of drug-likeness (QED) is 0.163. The van der Waals surface area contributed by atoms with Crippen molar-refractivity contribution >= 4 is 77.7 Å². The summed E-state index contributed by atoms with van der Waals surface area (Å²) in [5.41, 5.74) is 26.5. The second kappa shape index (κ2) is 15.1. The van der Waals surface area contributed by atoms with Gasteiger partial charge in [-0.2, -0.15) is 0 Å². The first kappa shape index (κ1) is 45.5. The molecule has 2 aliphatic heterocycles. The molecule has 9 aromatic rings. The number of rotatable bonds is 3. The molecule has 0 unspecified atom stereocenters. The zero-order chi connectivity index (χ0) is 50.2. The molecule has 2 nitrogen and oxygen atoms in total. The highest BCUT2D eigenvalue weighted by atomic mass is 32.1. The van der Waals surface area contributed by atoms with Crippen LogP contribution in [0.1, 0.15) is 139 Å². The molecule has 1 aromatic heterocycles. The van der Waals surface area contributed by atoms with Gasteiger partial charge in [0.05, 0.1) is 0 Å². The summed E-state index contributed by atoms with van der Waals surface area (Å²) in [6.45, 7) is 31.4. The first-order valence-corrected chi connectivity index (χ1v) is 27.3. The zero-order valence-electron chi connectivity index (χ0n) is 44.7. The maximum absolute atomic E-state index is 2.79. The maximum Gasteiger partial charge on any atom is 0.333 e. The van der Waals surface area contributed by atoms with Gasteiger partial charge in [-0.05, 0) is 164 Å². The van der Waals surface area contributed by atoms with Crippen molar-refractivity contribution in [3.05, 3.63) is 196 Å². The van der Waals surface area contributed by atoms with Crippen LogP contribution in [0.15, 0.2) is 146 Å². The Morgan fingerprint density at radius 2 is 1.11 bits per heavy atom. The molecule has 0 spiro atoms. The zero-order valence-corrected chi connectivity index (χ0v) is 45.5. The lowest BCUT2D eigenvalue weighted by Gasteiger charge is -2.50. The Hall–Kier alpha value is -6.36. The van der Waals surface area contributed by atoms with Gasteiger partial charge in [0, 0.05) is 70.6 Å². The van der Waals surface area contributed by atoms with Crippen LogP contribution in [0.25, 0.3) is 42.4 Å². The molecule has 0 radical (unpaired) electrons. The van der Waals surface area contributed by atoms with E-state index in [4.69, 9.17) is 0 Å². The molecule has 0 amide bonds. The minimum Gasteiger partial charge on any atom is -0.376 e. The van der Waals surface area contributed by atoms with Gasteiger partial charge in [0.2, 0.25) is 0 Å². The Labute approximate surface area is 432 Å². The SMILES string of the molecule is Cc1cc2c3c(c1)N(c1cc4c(cc1C)C(C)(C)CCC4(C)C)c1cc4c(cc1B3N(c1ccc(C(C)(C)C)cc1-c1ccccc1)c1ccc3sc5ccccc5c3c1-2)C(C)(C)c1ccccc1C4(C)C. The van der Waals surface area contributed by atoms with Gasteiger partial charge in [0.25, 0.3) is 0 Å². The van der Waals surface area contributed by atoms with E-state index in [1.165, 1.54) is 138 Å². The highest BCUT2D eigenvalue weighted by molar-refractivity contribution is 7.26. The summed E-state index contributed by atoms with van der Waals surface area (Å²) in [6.07, 6.45) is 2.35. The second-order valence-corrected chi connectivity index (χ2v) is 26.4. The molecule has 13 rings (SSSR count). The number of thiophene rings is 1. The molecular weight excluding hydrogens is 888 g/mol. The average molecular weight is 955 g/mol. The first-order valence-electron chi connectivity index (χ1n) is 26.5. The topological polar surface area (TPSA) is 6.48 Å². The van der Waals surface area contributed by atoms with Crippen LogP contribution >= 0.6 is 11.3 Å². The van der Waals surface area contributed by atoms with E-state index in [1.54, 1.807) is 0 Å². The second-order valence-electron chi connectivity index (χ2n) is 25.3. The fraction of sp³-hybridized carbons (Fsp3) is 0.294. The summed E-state index contributed by atoms with van der Waals surface area (Å²) in [4.78, 5) is 5.53. The summed E-state index contributed by atoms with van der Waals surface area (Å²) in [7, 11) is 0. The summed E-state index contributed by atoms with van der Waals surface area (Å²) in [5.74, 6) is 0. The van der Waals surface area contributed by atoms with Gasteiger partial charge in [-0.25, -0.2) is 0 Å². The predicted octanol–water partition coefficient (Wildman–Crippen LogP) is 17.7. The number of aryl methyl sites for hydroxylation is 2. The molecule has 0 bridgehead atoms. The van der Waals surface area contributed by atoms with E-state index in [0.29, 0.717) is 0 Å². The van der Waals surface area contributed by atoms with Gasteiger partial charge >= 0.3 is 6.85 Å². The molecule has 0 saturated carbocycles. The number of fused-ring (bicyclic) bond motifs is 11. The number of hydrogen-bond acceptors (Lipinski definition) is 3. The molecule has 8 aromatic carbocycles. The number of hydrogen-bond donors (Lipinski definition) is 0. The van der Waals surface area contributed by atoms with Crippen molar-refractivity contribution in [1.29, 1.82) is 0 Å². The molecule has 72 heavy (non-hydrogen) atoms. The Morgan fingerprint density at radius 3 is 1.81 bits per heavy atom. The Morgan fingerprint density at radius 1 is 0.500 bits per heavy atom. The minimum absolute atomic E-state index is 0.0386. The van der Waals surface area contributed by atoms with Gasteiger partial charge < -0.3 is 9.71 Å². The molecule has 4 heteroatoms. The van der Waals surface area contributed by atoms with Crippen molar-refractivity contribution in [3.8, 4) is 22.3 Å². The third-order valence-electron chi connectivity index (χ3n) is 18.1. The molecule has 2 aliphatic carbocycles. The fourth-order valence-corrected chi connectivity index (χ4v) is 15.0. The molecule has 3 heterocycles. The van der Waals surface area contributed by atoms with Crippen LogP contribution < -0.4 is 20.6 Å². The molecule has 4 aliphatic rings. The van der Waals surface area contributed by atoms with Crippen molar-refractivity contribution < 1.29 is 0 Å². The van der Waals surface area contributed by atoms with Crippen LogP contribution in [0.4, 0.5) is 28.4 Å². The summed E-state index contributed by atoms with van der Waals surface area (Å²) >= 11 is 1.92. The summed E-state index contributed by atoms with van der Waals surface area (Å²) < 4.78 is 2.66. The van der Waals surface area contributed by atoms with Gasteiger partial charge in [-0.15, -0.1) is 11.3 Å². The molecule has 358 valence electrons. The minimum atomic E-state index is -0.238. The smallest absolute Gasteiger partial charge is 0.333 e. The molecule has 0 fully saturated rings.